The van der Waals surface area contributed by atoms with Gasteiger partial charge >= 0.3 is 0 Å². The molecule has 0 saturated carbocycles. The Morgan fingerprint density at radius 1 is 1.30 bits per heavy atom. The van der Waals surface area contributed by atoms with Gasteiger partial charge in [0.15, 0.2) is 0 Å². The van der Waals surface area contributed by atoms with Gasteiger partial charge in [0, 0.05) is 22.8 Å². The van der Waals surface area contributed by atoms with Crippen LogP contribution in [0.25, 0.3) is 15.3 Å². The maximum absolute atomic E-state index is 12.6. The molecule has 4 heterocycles. The number of carbonyl (C=O) groups excluding carboxylic acids is 1. The summed E-state index contributed by atoms with van der Waals surface area (Å²) in [5.41, 5.74) is 2.63. The molecule has 10 heteroatoms. The lowest BCUT2D eigenvalue weighted by Crippen LogP contribution is -2.24. The summed E-state index contributed by atoms with van der Waals surface area (Å²) in [6.07, 6.45) is 0.299. The highest BCUT2D eigenvalue weighted by molar-refractivity contribution is 7.20. The van der Waals surface area contributed by atoms with Crippen LogP contribution < -0.4 is 10.1 Å². The standard InChI is InChI=1S/C20H16Cl2N4O2S2/c1-3-28-10-4-5-13-14(6-10)29-20(23-13)26-19-17(9(2)25-26)11(7-16(27)24-19)18-12(21)8-15(22)30-18/h4-6,8,11H,3,7H2,1-2H3,(H,24,27)/t11-/m1/s1. The van der Waals surface area contributed by atoms with E-state index in [4.69, 9.17) is 38.0 Å². The number of hydrogen-bond acceptors (Lipinski definition) is 6. The molecule has 6 nitrogen and oxygen atoms in total. The van der Waals surface area contributed by atoms with E-state index < -0.39 is 0 Å². The van der Waals surface area contributed by atoms with E-state index in [0.29, 0.717) is 33.3 Å². The number of aromatic nitrogens is 3. The molecule has 1 N–H and O–H groups in total. The van der Waals surface area contributed by atoms with Gasteiger partial charge < -0.3 is 10.1 Å². The normalized spacial score (nSPS) is 16.0. The zero-order chi connectivity index (χ0) is 21.0. The average Bonchev–Trinajstić information content (AvgIpc) is 3.36. The van der Waals surface area contributed by atoms with Crippen LogP contribution >= 0.6 is 45.9 Å². The van der Waals surface area contributed by atoms with Gasteiger partial charge in [0.05, 0.1) is 31.9 Å². The summed E-state index contributed by atoms with van der Waals surface area (Å²) in [6, 6.07) is 7.52. The van der Waals surface area contributed by atoms with Gasteiger partial charge in [-0.05, 0) is 38.1 Å². The summed E-state index contributed by atoms with van der Waals surface area (Å²) in [7, 11) is 0. The van der Waals surface area contributed by atoms with Gasteiger partial charge in [0.25, 0.3) is 0 Å². The average molecular weight is 479 g/mol. The maximum Gasteiger partial charge on any atom is 0.226 e. The van der Waals surface area contributed by atoms with Gasteiger partial charge in [-0.2, -0.15) is 9.78 Å². The monoisotopic (exact) mass is 478 g/mol. The van der Waals surface area contributed by atoms with Crippen LogP contribution in [0.5, 0.6) is 5.75 Å². The SMILES string of the molecule is CCOc1ccc2nc(-n3nc(C)c4c3NC(=O)C[C@H]4c3sc(Cl)cc3Cl)sc2c1. The largest absolute Gasteiger partial charge is 0.494 e. The number of amides is 1. The molecule has 154 valence electrons. The van der Waals surface area contributed by atoms with Crippen molar-refractivity contribution in [2.24, 2.45) is 0 Å². The van der Waals surface area contributed by atoms with Crippen LogP contribution in [0.4, 0.5) is 5.82 Å². The molecule has 1 amide bonds. The number of fused-ring (bicyclic) bond motifs is 2. The van der Waals surface area contributed by atoms with E-state index in [1.54, 1.807) is 10.7 Å². The van der Waals surface area contributed by atoms with Crippen LogP contribution in [0.15, 0.2) is 24.3 Å². The van der Waals surface area contributed by atoms with E-state index in [1.807, 2.05) is 32.0 Å². The molecule has 30 heavy (non-hydrogen) atoms. The number of nitrogens with zero attached hydrogens (tertiary/aromatic N) is 3. The van der Waals surface area contributed by atoms with Crippen molar-refractivity contribution in [3.63, 3.8) is 0 Å². The minimum Gasteiger partial charge on any atom is -0.494 e. The Morgan fingerprint density at radius 3 is 2.87 bits per heavy atom. The molecule has 4 aromatic rings. The second kappa shape index (κ2) is 7.53. The number of ether oxygens (including phenoxy) is 1. The Kier molecular flexibility index (Phi) is 4.97. The highest BCUT2D eigenvalue weighted by Crippen LogP contribution is 2.46. The van der Waals surface area contributed by atoms with Gasteiger partial charge in [-0.3, -0.25) is 4.79 Å². The molecule has 0 bridgehead atoms. The molecule has 1 aliphatic heterocycles. The number of rotatable bonds is 4. The third-order valence-electron chi connectivity index (χ3n) is 4.94. The van der Waals surface area contributed by atoms with Crippen molar-refractivity contribution in [2.45, 2.75) is 26.2 Å². The molecule has 0 spiro atoms. The van der Waals surface area contributed by atoms with Gasteiger partial charge in [0.2, 0.25) is 11.0 Å². The number of hydrogen-bond donors (Lipinski definition) is 1. The van der Waals surface area contributed by atoms with E-state index in [0.717, 1.165) is 32.1 Å². The quantitative estimate of drug-likeness (QED) is 0.388. The first-order valence-corrected chi connectivity index (χ1v) is 11.7. The minimum absolute atomic E-state index is 0.0889. The lowest BCUT2D eigenvalue weighted by atomic mass is 9.91. The van der Waals surface area contributed by atoms with Gasteiger partial charge in [-0.1, -0.05) is 34.5 Å². The first-order chi connectivity index (χ1) is 14.4. The number of thiophene rings is 1. The fourth-order valence-corrected chi connectivity index (χ4v) is 6.42. The number of halogens is 2. The number of anilines is 1. The van der Waals surface area contributed by atoms with E-state index in [9.17, 15) is 4.79 Å². The highest BCUT2D eigenvalue weighted by Gasteiger charge is 2.35. The van der Waals surface area contributed by atoms with E-state index >= 15 is 0 Å². The molecule has 0 saturated heterocycles. The van der Waals surface area contributed by atoms with Crippen LogP contribution in [0.1, 0.15) is 35.4 Å². The Bertz CT molecular complexity index is 1290. The molecule has 1 atom stereocenters. The van der Waals surface area contributed by atoms with Crippen molar-refractivity contribution in [1.29, 1.82) is 0 Å². The third-order valence-corrected chi connectivity index (χ3v) is 7.74. The Balaban J connectivity index is 1.64. The van der Waals surface area contributed by atoms with Gasteiger partial charge in [0.1, 0.15) is 11.6 Å². The minimum atomic E-state index is -0.188. The number of carbonyl (C=O) groups is 1. The molecule has 0 fully saturated rings. The molecule has 0 radical (unpaired) electrons. The number of aryl methyl sites for hydroxylation is 1. The van der Waals surface area contributed by atoms with Crippen LogP contribution in [0.3, 0.4) is 0 Å². The fourth-order valence-electron chi connectivity index (χ4n) is 3.74. The first-order valence-electron chi connectivity index (χ1n) is 9.32. The molecular weight excluding hydrogens is 463 g/mol. The van der Waals surface area contributed by atoms with E-state index in [2.05, 4.69) is 5.32 Å². The molecular formula is C20H16Cl2N4O2S2. The zero-order valence-electron chi connectivity index (χ0n) is 16.0. The molecule has 0 aliphatic carbocycles. The van der Waals surface area contributed by atoms with Crippen LogP contribution in [-0.2, 0) is 4.79 Å². The Labute approximate surface area is 190 Å². The molecule has 1 aliphatic rings. The fraction of sp³-hybridized carbons (Fsp3) is 0.250. The van der Waals surface area contributed by atoms with Crippen molar-refractivity contribution in [3.8, 4) is 10.9 Å². The second-order valence-electron chi connectivity index (χ2n) is 6.89. The van der Waals surface area contributed by atoms with Crippen molar-refractivity contribution in [3.05, 3.63) is 49.8 Å². The molecule has 5 rings (SSSR count). The van der Waals surface area contributed by atoms with E-state index in [-0.39, 0.29) is 11.8 Å². The maximum atomic E-state index is 12.6. The summed E-state index contributed by atoms with van der Waals surface area (Å²) in [4.78, 5) is 18.2. The predicted molar refractivity (Wildman–Crippen MR) is 122 cm³/mol. The Morgan fingerprint density at radius 2 is 2.13 bits per heavy atom. The number of thiazole rings is 1. The lowest BCUT2D eigenvalue weighted by Gasteiger charge is -2.23. The van der Waals surface area contributed by atoms with Crippen LogP contribution in [-0.4, -0.2) is 27.3 Å². The van der Waals surface area contributed by atoms with E-state index in [1.165, 1.54) is 22.7 Å². The summed E-state index contributed by atoms with van der Waals surface area (Å²) < 4.78 is 8.89. The summed E-state index contributed by atoms with van der Waals surface area (Å²) >= 11 is 15.5. The molecule has 3 aromatic heterocycles. The number of nitrogens with one attached hydrogen (secondary N) is 1. The van der Waals surface area contributed by atoms with Crippen molar-refractivity contribution >= 4 is 67.8 Å². The highest BCUT2D eigenvalue weighted by atomic mass is 35.5. The van der Waals surface area contributed by atoms with Crippen LogP contribution in [0, 0.1) is 6.92 Å². The zero-order valence-corrected chi connectivity index (χ0v) is 19.2. The van der Waals surface area contributed by atoms with Crippen molar-refractivity contribution in [2.75, 3.05) is 11.9 Å². The Hall–Kier alpha value is -2.13. The van der Waals surface area contributed by atoms with Gasteiger partial charge in [-0.25, -0.2) is 4.98 Å². The number of benzene rings is 1. The molecule has 1 aromatic carbocycles. The second-order valence-corrected chi connectivity index (χ2v) is 10.0. The first kappa shape index (κ1) is 19.8. The lowest BCUT2D eigenvalue weighted by molar-refractivity contribution is -0.116. The smallest absolute Gasteiger partial charge is 0.226 e. The summed E-state index contributed by atoms with van der Waals surface area (Å²) in [6.45, 7) is 4.49. The van der Waals surface area contributed by atoms with Gasteiger partial charge in [-0.15, -0.1) is 11.3 Å². The van der Waals surface area contributed by atoms with Crippen molar-refractivity contribution in [1.82, 2.24) is 14.8 Å². The topological polar surface area (TPSA) is 69.0 Å². The third kappa shape index (κ3) is 3.28. The van der Waals surface area contributed by atoms with Crippen molar-refractivity contribution < 1.29 is 9.53 Å². The summed E-state index contributed by atoms with van der Waals surface area (Å²) in [5, 5.41) is 8.95. The molecule has 0 unspecified atom stereocenters. The van der Waals surface area contributed by atoms with Crippen LogP contribution in [0.2, 0.25) is 9.36 Å². The summed E-state index contributed by atoms with van der Waals surface area (Å²) in [5.74, 6) is 1.16. The predicted octanol–water partition coefficient (Wildman–Crippen LogP) is 6.03.